The molecule has 420 valence electrons. The maximum Gasteiger partial charge on any atom is 0.411 e. The van der Waals surface area contributed by atoms with Crippen molar-refractivity contribution in [1.82, 2.24) is 0 Å². The number of anilines is 4. The molecule has 1 saturated carbocycles. The Kier molecular flexibility index (Phi) is 14.7. The van der Waals surface area contributed by atoms with Crippen LogP contribution in [0.1, 0.15) is 49.4 Å². The third kappa shape index (κ3) is 10.0. The van der Waals surface area contributed by atoms with E-state index >= 15 is 26.3 Å². The van der Waals surface area contributed by atoms with Crippen LogP contribution < -0.4 is 26.0 Å². The molecule has 14 nitrogen and oxygen atoms in total. The van der Waals surface area contributed by atoms with Crippen molar-refractivity contribution in [2.75, 3.05) is 28.3 Å². The normalized spacial score (nSPS) is 17.4. The molecule has 6 aromatic carbocycles. The van der Waals surface area contributed by atoms with Gasteiger partial charge in [0.15, 0.2) is 0 Å². The summed E-state index contributed by atoms with van der Waals surface area (Å²) in [5.74, 6) is -12.0. The molecule has 0 aliphatic heterocycles. The number of carbonyl (C=O) groups is 4. The molecule has 3 amide bonds. The highest BCUT2D eigenvalue weighted by atomic mass is 19.4. The van der Waals surface area contributed by atoms with Gasteiger partial charge in [0.05, 0.1) is 34.6 Å². The largest absolute Gasteiger partial charge is 0.506 e. The SMILES string of the molecule is CNc1cc(C(c2ccc(O)c(NC(=O)c3ccc(Oc4ccc(C(=O)Nc5cc(C(c6ccc(O)c(NC(=O)C7C8C=CC(C8)C7C(=O)O)c6)(C(F)(F)F)C(F)(F)F)ccc5O)cc4)cc3)c2)(C(F)(F)F)C(F)(F)F)ccc1O. The standard InChI is InChI=1S/C54H40F12N4O10/c1-67-35-21-29(8-16-39(35)71)49(51(55,56)57,52(58,59)60)30-9-17-40(72)36(22-30)68-45(75)25-4-12-33(13-5-25)80-34-14-6-26(7-15-34)46(76)69-37-23-31(10-18-41(37)73)50(53(61,62)63,54(64,65)66)32-11-19-42(74)38(24-32)70-47(77)43-27-2-3-28(20-27)44(43)48(78)79/h2-19,21-24,27-28,43-44,67,71-74H,20H2,1H3,(H,68,75)(H,69,76)(H,70,77)(H,78,79). The highest BCUT2D eigenvalue weighted by molar-refractivity contribution is 6.06. The zero-order valence-electron chi connectivity index (χ0n) is 40.5. The predicted molar refractivity (Wildman–Crippen MR) is 261 cm³/mol. The summed E-state index contributed by atoms with van der Waals surface area (Å²) in [6, 6.07) is 13.9. The molecule has 0 saturated heterocycles. The molecule has 0 heterocycles. The van der Waals surface area contributed by atoms with E-state index in [4.69, 9.17) is 4.74 Å². The first-order valence-electron chi connectivity index (χ1n) is 23.3. The number of aromatic hydroxyl groups is 4. The Bertz CT molecular complexity index is 3410. The second-order valence-corrected chi connectivity index (χ2v) is 18.6. The molecule has 0 aromatic heterocycles. The number of halogens is 12. The van der Waals surface area contributed by atoms with Crippen LogP contribution in [-0.4, -0.2) is 81.0 Å². The number of phenolic OH excluding ortho intramolecular Hbond substituents is 4. The first kappa shape index (κ1) is 57.1. The molecule has 80 heavy (non-hydrogen) atoms. The van der Waals surface area contributed by atoms with Gasteiger partial charge < -0.3 is 51.5 Å². The number of allylic oxidation sites excluding steroid dienone is 2. The second kappa shape index (κ2) is 20.6. The fourth-order valence-corrected chi connectivity index (χ4v) is 10.1. The van der Waals surface area contributed by atoms with E-state index in [1.54, 1.807) is 12.2 Å². The third-order valence-corrected chi connectivity index (χ3v) is 14.0. The van der Waals surface area contributed by atoms with Gasteiger partial charge in [0.1, 0.15) is 34.5 Å². The highest BCUT2D eigenvalue weighted by Gasteiger charge is 2.74. The van der Waals surface area contributed by atoms with Crippen molar-refractivity contribution in [3.63, 3.8) is 0 Å². The van der Waals surface area contributed by atoms with Crippen LogP contribution in [0.4, 0.5) is 75.4 Å². The summed E-state index contributed by atoms with van der Waals surface area (Å²) in [5, 5.41) is 59.9. The summed E-state index contributed by atoms with van der Waals surface area (Å²) in [7, 11) is 1.15. The van der Waals surface area contributed by atoms with Crippen molar-refractivity contribution < 1.29 is 102 Å². The van der Waals surface area contributed by atoms with Crippen LogP contribution in [-0.2, 0) is 20.4 Å². The van der Waals surface area contributed by atoms with E-state index in [9.17, 15) is 71.1 Å². The molecule has 2 aliphatic carbocycles. The summed E-state index contributed by atoms with van der Waals surface area (Å²) >= 11 is 0. The maximum atomic E-state index is 15.3. The van der Waals surface area contributed by atoms with E-state index < -0.39 is 151 Å². The number of hydrogen-bond acceptors (Lipinski definition) is 10. The van der Waals surface area contributed by atoms with E-state index in [-0.39, 0.29) is 41.2 Å². The average molecular weight is 1130 g/mol. The second-order valence-electron chi connectivity index (χ2n) is 18.6. The van der Waals surface area contributed by atoms with E-state index in [0.29, 0.717) is 60.7 Å². The molecule has 26 heteroatoms. The monoisotopic (exact) mass is 1130 g/mol. The van der Waals surface area contributed by atoms with Crippen LogP contribution in [0.25, 0.3) is 0 Å². The number of amides is 3. The summed E-state index contributed by atoms with van der Waals surface area (Å²) in [6.45, 7) is 0. The number of benzene rings is 6. The number of fused-ring (bicyclic) bond motifs is 2. The molecule has 0 radical (unpaired) electrons. The van der Waals surface area contributed by atoms with Gasteiger partial charge in [-0.15, -0.1) is 0 Å². The van der Waals surface area contributed by atoms with Crippen LogP contribution in [0, 0.1) is 23.7 Å². The van der Waals surface area contributed by atoms with Crippen molar-refractivity contribution in [3.05, 3.63) is 167 Å². The molecule has 0 spiro atoms. The number of aliphatic carboxylic acids is 1. The van der Waals surface area contributed by atoms with Gasteiger partial charge >= 0.3 is 30.7 Å². The lowest BCUT2D eigenvalue weighted by molar-refractivity contribution is -0.290. The fraction of sp³-hybridized carbons (Fsp3) is 0.222. The molecular formula is C54H40F12N4O10. The minimum atomic E-state index is -6.25. The molecular weight excluding hydrogens is 1090 g/mol. The average Bonchev–Trinajstić information content (AvgIpc) is 3.78. The summed E-state index contributed by atoms with van der Waals surface area (Å²) in [6.07, 6.45) is -21.2. The number of carboxylic acids is 1. The smallest absolute Gasteiger partial charge is 0.411 e. The Balaban J connectivity index is 0.984. The lowest BCUT2D eigenvalue weighted by Gasteiger charge is -2.38. The molecule has 4 unspecified atom stereocenters. The Hall–Kier alpha value is -9.10. The van der Waals surface area contributed by atoms with Crippen molar-refractivity contribution in [3.8, 4) is 34.5 Å². The lowest BCUT2D eigenvalue weighted by atomic mass is 9.72. The fourth-order valence-electron chi connectivity index (χ4n) is 10.1. The number of alkyl halides is 12. The molecule has 2 bridgehead atoms. The number of carbonyl (C=O) groups excluding carboxylic acids is 3. The molecule has 8 rings (SSSR count). The zero-order valence-corrected chi connectivity index (χ0v) is 40.5. The van der Waals surface area contributed by atoms with E-state index in [0.717, 1.165) is 31.3 Å². The van der Waals surface area contributed by atoms with Gasteiger partial charge in [0, 0.05) is 18.2 Å². The number of rotatable bonds is 14. The minimum absolute atomic E-state index is 0.00822. The predicted octanol–water partition coefficient (Wildman–Crippen LogP) is 12.1. The Morgan fingerprint density at radius 1 is 0.450 bits per heavy atom. The van der Waals surface area contributed by atoms with E-state index in [2.05, 4.69) is 21.3 Å². The van der Waals surface area contributed by atoms with Gasteiger partial charge in [-0.3, -0.25) is 19.2 Å². The molecule has 9 N–H and O–H groups in total. The minimum Gasteiger partial charge on any atom is -0.506 e. The highest BCUT2D eigenvalue weighted by Crippen LogP contribution is 2.59. The first-order chi connectivity index (χ1) is 37.3. The van der Waals surface area contributed by atoms with E-state index in [1.807, 2.05) is 0 Å². The van der Waals surface area contributed by atoms with Gasteiger partial charge in [0.25, 0.3) is 11.8 Å². The van der Waals surface area contributed by atoms with Gasteiger partial charge in [-0.1, -0.05) is 36.4 Å². The summed E-state index contributed by atoms with van der Waals surface area (Å²) in [5.41, 5.74) is -19.4. The number of carboxylic acid groups (broad SMARTS) is 1. The van der Waals surface area contributed by atoms with Crippen LogP contribution >= 0.6 is 0 Å². The zero-order chi connectivity index (χ0) is 58.7. The van der Waals surface area contributed by atoms with Crippen LogP contribution in [0.5, 0.6) is 34.5 Å². The molecule has 1 fully saturated rings. The Morgan fingerprint density at radius 3 is 1.09 bits per heavy atom. The Morgan fingerprint density at radius 2 is 0.762 bits per heavy atom. The third-order valence-electron chi connectivity index (χ3n) is 14.0. The van der Waals surface area contributed by atoms with Crippen molar-refractivity contribution in [2.45, 2.75) is 42.0 Å². The number of phenols is 4. The number of ether oxygens (including phenoxy) is 1. The first-order valence-corrected chi connectivity index (χ1v) is 23.3. The summed E-state index contributed by atoms with van der Waals surface area (Å²) < 4.78 is 187. The quantitative estimate of drug-likeness (QED) is 0.0283. The summed E-state index contributed by atoms with van der Waals surface area (Å²) in [4.78, 5) is 52.1. The van der Waals surface area contributed by atoms with Crippen molar-refractivity contribution in [2.24, 2.45) is 23.7 Å². The van der Waals surface area contributed by atoms with Gasteiger partial charge in [-0.25, -0.2) is 0 Å². The Labute approximate surface area is 443 Å². The number of nitrogens with one attached hydrogen (secondary N) is 4. The molecule has 2 aliphatic rings. The molecule has 6 aromatic rings. The van der Waals surface area contributed by atoms with Crippen molar-refractivity contribution >= 4 is 46.4 Å². The lowest BCUT2D eigenvalue weighted by Crippen LogP contribution is -2.54. The number of hydrogen-bond donors (Lipinski definition) is 9. The van der Waals surface area contributed by atoms with Crippen LogP contribution in [0.15, 0.2) is 133 Å². The van der Waals surface area contributed by atoms with Gasteiger partial charge in [0.2, 0.25) is 16.7 Å². The van der Waals surface area contributed by atoms with E-state index in [1.165, 1.54) is 24.3 Å². The van der Waals surface area contributed by atoms with Crippen molar-refractivity contribution in [1.29, 1.82) is 0 Å². The van der Waals surface area contributed by atoms with Crippen LogP contribution in [0.2, 0.25) is 0 Å². The maximum absolute atomic E-state index is 15.3. The van der Waals surface area contributed by atoms with Crippen LogP contribution in [0.3, 0.4) is 0 Å². The topological polar surface area (TPSA) is 227 Å². The van der Waals surface area contributed by atoms with Gasteiger partial charge in [-0.2, -0.15) is 52.7 Å². The molecule has 4 atom stereocenters. The van der Waals surface area contributed by atoms with Gasteiger partial charge in [-0.05, 0) is 138 Å².